The highest BCUT2D eigenvalue weighted by molar-refractivity contribution is 8.00. The molecule has 0 fully saturated rings. The molecule has 0 spiro atoms. The van der Waals surface area contributed by atoms with Crippen LogP contribution in [0.25, 0.3) is 10.2 Å². The summed E-state index contributed by atoms with van der Waals surface area (Å²) in [5.74, 6) is -0.163. The molecule has 0 aliphatic rings. The number of carbonyl (C=O) groups excluding carboxylic acids is 1. The molecule has 4 nitrogen and oxygen atoms in total. The number of nitrogens with zero attached hydrogens (tertiary/aromatic N) is 2. The van der Waals surface area contributed by atoms with Gasteiger partial charge in [-0.1, -0.05) is 30.0 Å². The van der Waals surface area contributed by atoms with Gasteiger partial charge in [-0.05, 0) is 40.6 Å². The number of hydrogen-bond donors (Lipinski definition) is 1. The number of nitrogens with one attached hydrogen (secondary N) is 1. The number of halogens is 1. The van der Waals surface area contributed by atoms with E-state index < -0.39 is 0 Å². The fourth-order valence-electron chi connectivity index (χ4n) is 2.65. The maximum absolute atomic E-state index is 13.3. The van der Waals surface area contributed by atoms with Gasteiger partial charge in [0.25, 0.3) is 0 Å². The van der Waals surface area contributed by atoms with E-state index in [1.54, 1.807) is 34.8 Å². The fourth-order valence-corrected chi connectivity index (χ4v) is 5.04. The number of amides is 1. The topological polar surface area (TPSA) is 54.9 Å². The first-order valence-electron chi connectivity index (χ1n) is 8.10. The summed E-state index contributed by atoms with van der Waals surface area (Å²) in [6, 6.07) is 11.8. The number of thioether (sulfide) groups is 1. The standard InChI is InChI=1S/C19H14FN3OS3/c20-13-5-3-12(4-6-13)17(15-2-1-8-25-15)23-16(24)10-27-19-14-7-9-26-18(14)21-11-22-19/h1-9,11,17H,10H2,(H,23,24). The molecule has 1 atom stereocenters. The van der Waals surface area contributed by atoms with Crippen molar-refractivity contribution in [1.29, 1.82) is 0 Å². The van der Waals surface area contributed by atoms with Gasteiger partial charge >= 0.3 is 0 Å². The van der Waals surface area contributed by atoms with Crippen molar-refractivity contribution in [2.24, 2.45) is 0 Å². The lowest BCUT2D eigenvalue weighted by atomic mass is 10.1. The van der Waals surface area contributed by atoms with E-state index in [1.165, 1.54) is 30.2 Å². The summed E-state index contributed by atoms with van der Waals surface area (Å²) in [7, 11) is 0. The number of fused-ring (bicyclic) bond motifs is 1. The highest BCUT2D eigenvalue weighted by atomic mass is 32.2. The lowest BCUT2D eigenvalue weighted by Crippen LogP contribution is -2.30. The first-order chi connectivity index (χ1) is 13.2. The molecule has 1 N–H and O–H groups in total. The number of hydrogen-bond acceptors (Lipinski definition) is 6. The van der Waals surface area contributed by atoms with Crippen LogP contribution in [-0.4, -0.2) is 21.6 Å². The van der Waals surface area contributed by atoms with E-state index in [2.05, 4.69) is 15.3 Å². The summed E-state index contributed by atoms with van der Waals surface area (Å²) in [5, 5.41) is 8.74. The van der Waals surface area contributed by atoms with Crippen LogP contribution < -0.4 is 5.32 Å². The van der Waals surface area contributed by atoms with E-state index in [0.717, 1.165) is 25.7 Å². The Kier molecular flexibility index (Phi) is 5.47. The van der Waals surface area contributed by atoms with E-state index >= 15 is 0 Å². The summed E-state index contributed by atoms with van der Waals surface area (Å²) in [4.78, 5) is 23.0. The van der Waals surface area contributed by atoms with Crippen LogP contribution in [0, 0.1) is 5.82 Å². The van der Waals surface area contributed by atoms with Crippen LogP contribution in [0.3, 0.4) is 0 Å². The minimum absolute atomic E-state index is 0.107. The fraction of sp³-hybridized carbons (Fsp3) is 0.105. The first kappa shape index (κ1) is 18.1. The SMILES string of the molecule is O=C(CSc1ncnc2sccc12)NC(c1ccc(F)cc1)c1cccs1. The van der Waals surface area contributed by atoms with Crippen LogP contribution in [-0.2, 0) is 4.79 Å². The zero-order chi connectivity index (χ0) is 18.6. The molecular weight excluding hydrogens is 401 g/mol. The zero-order valence-corrected chi connectivity index (χ0v) is 16.4. The van der Waals surface area contributed by atoms with Gasteiger partial charge in [0.05, 0.1) is 11.8 Å². The summed E-state index contributed by atoms with van der Waals surface area (Å²) in [6.07, 6.45) is 1.52. The Balaban J connectivity index is 1.48. The van der Waals surface area contributed by atoms with Crippen molar-refractivity contribution in [1.82, 2.24) is 15.3 Å². The van der Waals surface area contributed by atoms with Gasteiger partial charge in [-0.15, -0.1) is 22.7 Å². The molecule has 0 saturated carbocycles. The highest BCUT2D eigenvalue weighted by Crippen LogP contribution is 2.29. The number of rotatable bonds is 6. The molecule has 0 aliphatic carbocycles. The molecule has 0 saturated heterocycles. The maximum Gasteiger partial charge on any atom is 0.231 e. The van der Waals surface area contributed by atoms with Crippen LogP contribution in [0.15, 0.2) is 64.6 Å². The lowest BCUT2D eigenvalue weighted by molar-refractivity contribution is -0.119. The minimum atomic E-state index is -0.301. The quantitative estimate of drug-likeness (QED) is 0.360. The van der Waals surface area contributed by atoms with Crippen LogP contribution in [0.2, 0.25) is 0 Å². The molecule has 1 amide bonds. The van der Waals surface area contributed by atoms with Crippen molar-refractivity contribution < 1.29 is 9.18 Å². The van der Waals surface area contributed by atoms with Crippen LogP contribution in [0.5, 0.6) is 0 Å². The number of aromatic nitrogens is 2. The molecule has 3 heterocycles. The average Bonchev–Trinajstić information content (AvgIpc) is 3.37. The van der Waals surface area contributed by atoms with Crippen molar-refractivity contribution in [2.45, 2.75) is 11.1 Å². The number of carbonyl (C=O) groups is 1. The third kappa shape index (κ3) is 4.18. The van der Waals surface area contributed by atoms with Gasteiger partial charge in [-0.3, -0.25) is 4.79 Å². The van der Waals surface area contributed by atoms with Gasteiger partial charge in [-0.25, -0.2) is 14.4 Å². The molecule has 8 heteroatoms. The summed E-state index contributed by atoms with van der Waals surface area (Å²) < 4.78 is 13.3. The van der Waals surface area contributed by atoms with Gasteiger partial charge in [0.2, 0.25) is 5.91 Å². The summed E-state index contributed by atoms with van der Waals surface area (Å²) in [5.41, 5.74) is 0.847. The van der Waals surface area contributed by atoms with Crippen LogP contribution >= 0.6 is 34.4 Å². The lowest BCUT2D eigenvalue weighted by Gasteiger charge is -2.18. The molecule has 0 radical (unpaired) electrons. The molecular formula is C19H14FN3OS3. The van der Waals surface area contributed by atoms with E-state index in [1.807, 2.05) is 29.0 Å². The Morgan fingerprint density at radius 3 is 2.74 bits per heavy atom. The van der Waals surface area contributed by atoms with Crippen molar-refractivity contribution in [3.8, 4) is 0 Å². The van der Waals surface area contributed by atoms with E-state index in [0.29, 0.717) is 0 Å². The van der Waals surface area contributed by atoms with Crippen molar-refractivity contribution in [3.05, 3.63) is 75.8 Å². The van der Waals surface area contributed by atoms with E-state index in [-0.39, 0.29) is 23.5 Å². The minimum Gasteiger partial charge on any atom is -0.344 e. The van der Waals surface area contributed by atoms with Crippen molar-refractivity contribution in [3.63, 3.8) is 0 Å². The maximum atomic E-state index is 13.3. The molecule has 4 aromatic rings. The normalized spacial score (nSPS) is 12.2. The Labute approximate surface area is 167 Å². The average molecular weight is 416 g/mol. The molecule has 27 heavy (non-hydrogen) atoms. The van der Waals surface area contributed by atoms with Crippen LogP contribution in [0.1, 0.15) is 16.5 Å². The van der Waals surface area contributed by atoms with Gasteiger partial charge < -0.3 is 5.32 Å². The molecule has 3 aromatic heterocycles. The van der Waals surface area contributed by atoms with Crippen LogP contribution in [0.4, 0.5) is 4.39 Å². The van der Waals surface area contributed by atoms with Crippen molar-refractivity contribution >= 4 is 50.6 Å². The van der Waals surface area contributed by atoms with Crippen molar-refractivity contribution in [2.75, 3.05) is 5.75 Å². The zero-order valence-electron chi connectivity index (χ0n) is 14.0. The largest absolute Gasteiger partial charge is 0.344 e. The molecule has 136 valence electrons. The predicted octanol–water partition coefficient (Wildman–Crippen LogP) is 4.89. The Hall–Kier alpha value is -2.29. The van der Waals surface area contributed by atoms with E-state index in [9.17, 15) is 9.18 Å². The second kappa shape index (κ2) is 8.16. The second-order valence-corrected chi connectivity index (χ2v) is 8.51. The predicted molar refractivity (Wildman–Crippen MR) is 109 cm³/mol. The summed E-state index contributed by atoms with van der Waals surface area (Å²) >= 11 is 4.49. The first-order valence-corrected chi connectivity index (χ1v) is 10.8. The van der Waals surface area contributed by atoms with Gasteiger partial charge in [0, 0.05) is 10.3 Å². The molecule has 0 bridgehead atoms. The number of benzene rings is 1. The second-order valence-electron chi connectivity index (χ2n) is 5.67. The third-order valence-electron chi connectivity index (χ3n) is 3.90. The molecule has 0 aliphatic heterocycles. The van der Waals surface area contributed by atoms with Gasteiger partial charge in [0.1, 0.15) is 22.0 Å². The number of thiophene rings is 2. The smallest absolute Gasteiger partial charge is 0.231 e. The summed E-state index contributed by atoms with van der Waals surface area (Å²) in [6.45, 7) is 0. The Morgan fingerprint density at radius 2 is 1.96 bits per heavy atom. The van der Waals surface area contributed by atoms with E-state index in [4.69, 9.17) is 0 Å². The third-order valence-corrected chi connectivity index (χ3v) is 6.66. The highest BCUT2D eigenvalue weighted by Gasteiger charge is 2.18. The monoisotopic (exact) mass is 415 g/mol. The molecule has 1 aromatic carbocycles. The molecule has 1 unspecified atom stereocenters. The Bertz CT molecular complexity index is 1050. The van der Waals surface area contributed by atoms with Gasteiger partial charge in [0.15, 0.2) is 0 Å². The Morgan fingerprint density at radius 1 is 1.11 bits per heavy atom. The van der Waals surface area contributed by atoms with Gasteiger partial charge in [-0.2, -0.15) is 0 Å². The molecule has 4 rings (SSSR count).